The Morgan fingerprint density at radius 1 is 1.29 bits per heavy atom. The van der Waals surface area contributed by atoms with Gasteiger partial charge in [-0.2, -0.15) is 5.26 Å². The van der Waals surface area contributed by atoms with E-state index < -0.39 is 6.10 Å². The quantitative estimate of drug-likeness (QED) is 0.847. The van der Waals surface area contributed by atoms with E-state index in [0.717, 1.165) is 51.1 Å². The molecular weight excluding hydrogens is 306 g/mol. The van der Waals surface area contributed by atoms with Gasteiger partial charge in [-0.25, -0.2) is 9.78 Å². The minimum absolute atomic E-state index is 0.0660. The molecule has 0 bridgehead atoms. The molecular formula is C17H23N5O2. The van der Waals surface area contributed by atoms with Gasteiger partial charge in [-0.15, -0.1) is 0 Å². The molecule has 3 heterocycles. The van der Waals surface area contributed by atoms with Gasteiger partial charge in [0.25, 0.3) is 0 Å². The number of piperidine rings is 2. The maximum Gasteiger partial charge on any atom is 0.317 e. The van der Waals surface area contributed by atoms with Crippen LogP contribution in [0.25, 0.3) is 0 Å². The van der Waals surface area contributed by atoms with E-state index in [-0.39, 0.29) is 12.1 Å². The predicted molar refractivity (Wildman–Crippen MR) is 89.5 cm³/mol. The zero-order valence-electron chi connectivity index (χ0n) is 13.7. The first-order valence-corrected chi connectivity index (χ1v) is 8.50. The van der Waals surface area contributed by atoms with Crippen LogP contribution < -0.4 is 10.2 Å². The molecule has 2 fully saturated rings. The largest absolute Gasteiger partial charge is 0.391 e. The SMILES string of the molecule is N#Cc1ccc(N2CCC(NC(=O)N3CCCC(O)C3)CC2)nc1. The van der Waals surface area contributed by atoms with Crippen LogP contribution in [-0.2, 0) is 0 Å². The van der Waals surface area contributed by atoms with Gasteiger partial charge in [0.1, 0.15) is 11.9 Å². The average molecular weight is 329 g/mol. The number of aromatic nitrogens is 1. The number of hydrogen-bond acceptors (Lipinski definition) is 5. The van der Waals surface area contributed by atoms with Crippen molar-refractivity contribution >= 4 is 11.8 Å². The van der Waals surface area contributed by atoms with E-state index in [1.165, 1.54) is 0 Å². The van der Waals surface area contributed by atoms with Gasteiger partial charge in [0.15, 0.2) is 0 Å². The molecule has 7 nitrogen and oxygen atoms in total. The van der Waals surface area contributed by atoms with Crippen LogP contribution in [0.3, 0.4) is 0 Å². The van der Waals surface area contributed by atoms with Crippen molar-refractivity contribution in [1.82, 2.24) is 15.2 Å². The van der Waals surface area contributed by atoms with Crippen LogP contribution in [0.4, 0.5) is 10.6 Å². The maximum absolute atomic E-state index is 12.3. The standard InChI is InChI=1S/C17H23N5O2/c18-10-13-3-4-16(19-11-13)21-8-5-14(6-9-21)20-17(24)22-7-1-2-15(23)12-22/h3-4,11,14-15,23H,1-2,5-9,12H2,(H,20,24). The Kier molecular flexibility index (Phi) is 5.16. The van der Waals surface area contributed by atoms with Crippen LogP contribution in [0.1, 0.15) is 31.2 Å². The van der Waals surface area contributed by atoms with Gasteiger partial charge in [-0.1, -0.05) is 0 Å². The summed E-state index contributed by atoms with van der Waals surface area (Å²) in [6, 6.07) is 5.80. The minimum Gasteiger partial charge on any atom is -0.391 e. The van der Waals surface area contributed by atoms with Crippen molar-refractivity contribution in [3.8, 4) is 6.07 Å². The summed E-state index contributed by atoms with van der Waals surface area (Å²) < 4.78 is 0. The number of nitrogens with one attached hydrogen (secondary N) is 1. The molecule has 24 heavy (non-hydrogen) atoms. The number of hydrogen-bond donors (Lipinski definition) is 2. The molecule has 1 aromatic rings. The van der Waals surface area contributed by atoms with Gasteiger partial charge >= 0.3 is 6.03 Å². The van der Waals surface area contributed by atoms with Crippen LogP contribution >= 0.6 is 0 Å². The molecule has 128 valence electrons. The number of carbonyl (C=O) groups excluding carboxylic acids is 1. The Labute approximate surface area is 141 Å². The maximum atomic E-state index is 12.3. The van der Waals surface area contributed by atoms with Gasteiger partial charge in [-0.05, 0) is 37.8 Å². The number of β-amino-alcohol motifs (C(OH)–C–C–N with tert-alkyl or cyclic N) is 1. The zero-order chi connectivity index (χ0) is 16.9. The van der Waals surface area contributed by atoms with E-state index in [9.17, 15) is 9.90 Å². The molecule has 0 saturated carbocycles. The highest BCUT2D eigenvalue weighted by Gasteiger charge is 2.26. The first kappa shape index (κ1) is 16.5. The number of carbonyl (C=O) groups is 1. The molecule has 1 atom stereocenters. The fourth-order valence-corrected chi connectivity index (χ4v) is 3.30. The molecule has 0 spiro atoms. The minimum atomic E-state index is -0.395. The Bertz CT molecular complexity index is 604. The van der Waals surface area contributed by atoms with Gasteiger partial charge < -0.3 is 20.2 Å². The first-order chi connectivity index (χ1) is 11.7. The summed E-state index contributed by atoms with van der Waals surface area (Å²) in [6.45, 7) is 2.80. The van der Waals surface area contributed by atoms with Gasteiger partial charge in [0, 0.05) is 38.4 Å². The highest BCUT2D eigenvalue weighted by molar-refractivity contribution is 5.74. The molecule has 2 amide bonds. The number of nitrogens with zero attached hydrogens (tertiary/aromatic N) is 4. The topological polar surface area (TPSA) is 92.5 Å². The molecule has 2 saturated heterocycles. The lowest BCUT2D eigenvalue weighted by Gasteiger charge is -2.35. The van der Waals surface area contributed by atoms with E-state index in [1.54, 1.807) is 17.2 Å². The highest BCUT2D eigenvalue weighted by Crippen LogP contribution is 2.18. The second-order valence-corrected chi connectivity index (χ2v) is 6.47. The third-order valence-electron chi connectivity index (χ3n) is 4.71. The Morgan fingerprint density at radius 2 is 2.08 bits per heavy atom. The number of aliphatic hydroxyl groups excluding tert-OH is 1. The molecule has 2 aliphatic rings. The van der Waals surface area contributed by atoms with E-state index in [4.69, 9.17) is 5.26 Å². The van der Waals surface area contributed by atoms with Crippen molar-refractivity contribution < 1.29 is 9.90 Å². The molecule has 1 unspecified atom stereocenters. The fraction of sp³-hybridized carbons (Fsp3) is 0.588. The second kappa shape index (κ2) is 7.49. The van der Waals surface area contributed by atoms with Crippen LogP contribution in [0.5, 0.6) is 0 Å². The van der Waals surface area contributed by atoms with E-state index in [2.05, 4.69) is 21.3 Å². The summed E-state index contributed by atoms with van der Waals surface area (Å²) in [5, 5.41) is 21.6. The third-order valence-corrected chi connectivity index (χ3v) is 4.71. The number of amides is 2. The third kappa shape index (κ3) is 3.95. The Balaban J connectivity index is 1.48. The lowest BCUT2D eigenvalue weighted by Crippen LogP contribution is -2.52. The van der Waals surface area contributed by atoms with Crippen molar-refractivity contribution in [2.24, 2.45) is 0 Å². The van der Waals surface area contributed by atoms with E-state index in [0.29, 0.717) is 12.1 Å². The number of nitriles is 1. The first-order valence-electron chi connectivity index (χ1n) is 8.50. The summed E-state index contributed by atoms with van der Waals surface area (Å²) in [5.41, 5.74) is 0.560. The van der Waals surface area contributed by atoms with Crippen LogP contribution in [0, 0.1) is 11.3 Å². The Morgan fingerprint density at radius 3 is 2.71 bits per heavy atom. The van der Waals surface area contributed by atoms with Gasteiger partial charge in [-0.3, -0.25) is 0 Å². The summed E-state index contributed by atoms with van der Waals surface area (Å²) >= 11 is 0. The highest BCUT2D eigenvalue weighted by atomic mass is 16.3. The zero-order valence-corrected chi connectivity index (χ0v) is 13.7. The monoisotopic (exact) mass is 329 g/mol. The average Bonchev–Trinajstić information content (AvgIpc) is 2.62. The van der Waals surface area contributed by atoms with E-state index >= 15 is 0 Å². The van der Waals surface area contributed by atoms with Crippen molar-refractivity contribution in [1.29, 1.82) is 5.26 Å². The molecule has 3 rings (SSSR count). The summed E-state index contributed by atoms with van der Waals surface area (Å²) in [4.78, 5) is 20.5. The summed E-state index contributed by atoms with van der Waals surface area (Å²) in [6.07, 6.45) is 4.56. The number of rotatable bonds is 2. The van der Waals surface area contributed by atoms with Gasteiger partial charge in [0.2, 0.25) is 0 Å². The molecule has 0 aromatic carbocycles. The smallest absolute Gasteiger partial charge is 0.317 e. The Hall–Kier alpha value is -2.33. The molecule has 2 aliphatic heterocycles. The van der Waals surface area contributed by atoms with E-state index in [1.807, 2.05) is 6.07 Å². The van der Waals surface area contributed by atoms with Crippen molar-refractivity contribution in [3.63, 3.8) is 0 Å². The normalized spacial score (nSPS) is 22.1. The molecule has 2 N–H and O–H groups in total. The molecule has 7 heteroatoms. The fourth-order valence-electron chi connectivity index (χ4n) is 3.30. The predicted octanol–water partition coefficient (Wildman–Crippen LogP) is 1.09. The summed E-state index contributed by atoms with van der Waals surface area (Å²) in [5.74, 6) is 0.873. The van der Waals surface area contributed by atoms with Gasteiger partial charge in [0.05, 0.1) is 11.7 Å². The molecule has 0 radical (unpaired) electrons. The number of aliphatic hydroxyl groups is 1. The molecule has 1 aromatic heterocycles. The number of urea groups is 1. The second-order valence-electron chi connectivity index (χ2n) is 6.47. The summed E-state index contributed by atoms with van der Waals surface area (Å²) in [7, 11) is 0. The number of anilines is 1. The van der Waals surface area contributed by atoms with Crippen LogP contribution in [-0.4, -0.2) is 59.3 Å². The van der Waals surface area contributed by atoms with Crippen molar-refractivity contribution in [2.75, 3.05) is 31.1 Å². The molecule has 0 aliphatic carbocycles. The van der Waals surface area contributed by atoms with Crippen molar-refractivity contribution in [3.05, 3.63) is 23.9 Å². The number of pyridine rings is 1. The van der Waals surface area contributed by atoms with Crippen LogP contribution in [0.2, 0.25) is 0 Å². The number of likely N-dealkylation sites (tertiary alicyclic amines) is 1. The lowest BCUT2D eigenvalue weighted by atomic mass is 10.0. The van der Waals surface area contributed by atoms with Crippen molar-refractivity contribution in [2.45, 2.75) is 37.8 Å². The van der Waals surface area contributed by atoms with Crippen LogP contribution in [0.15, 0.2) is 18.3 Å². The lowest BCUT2D eigenvalue weighted by molar-refractivity contribution is 0.0829.